The van der Waals surface area contributed by atoms with Crippen molar-refractivity contribution in [3.05, 3.63) is 129 Å². The molecule has 5 aromatic rings. The number of hydrogen-bond donors (Lipinski definition) is 4. The van der Waals surface area contributed by atoms with Gasteiger partial charge in [0.2, 0.25) is 12.1 Å². The van der Waals surface area contributed by atoms with Crippen LogP contribution >= 0.6 is 58.0 Å². The quantitative estimate of drug-likeness (QED) is 0.0279. The van der Waals surface area contributed by atoms with Crippen LogP contribution in [0.1, 0.15) is 77.4 Å². The van der Waals surface area contributed by atoms with Gasteiger partial charge >= 0.3 is 0 Å². The molecule has 0 saturated carbocycles. The van der Waals surface area contributed by atoms with Crippen molar-refractivity contribution in [3.8, 4) is 11.5 Å². The first-order valence-electron chi connectivity index (χ1n) is 22.0. The highest BCUT2D eigenvalue weighted by Gasteiger charge is 2.27. The first-order chi connectivity index (χ1) is 34.0. The fraction of sp³-hybridized carbons (Fsp3) is 0.280. The zero-order valence-electron chi connectivity index (χ0n) is 39.1. The predicted octanol–water partition coefficient (Wildman–Crippen LogP) is 12.5. The Hall–Kier alpha value is -6.43. The Kier molecular flexibility index (Phi) is 20.9. The third-order valence-corrected chi connectivity index (χ3v) is 11.6. The van der Waals surface area contributed by atoms with Crippen LogP contribution in [-0.4, -0.2) is 72.3 Å². The minimum atomic E-state index is -1.65. The molecule has 4 amide bonds. The summed E-state index contributed by atoms with van der Waals surface area (Å²) < 4.78 is 11.4. The lowest BCUT2D eigenvalue weighted by molar-refractivity contribution is -0.127. The zero-order chi connectivity index (χ0) is 51.8. The summed E-state index contributed by atoms with van der Waals surface area (Å²) in [6.45, 7) is 8.45. The number of ether oxygens (including phenoxy) is 2. The summed E-state index contributed by atoms with van der Waals surface area (Å²) in [5.41, 5.74) is 3.48. The molecule has 71 heavy (non-hydrogen) atoms. The normalized spacial score (nSPS) is 12.5. The van der Waals surface area contributed by atoms with E-state index in [1.54, 1.807) is 43.3 Å². The molecule has 21 heteroatoms. The van der Waals surface area contributed by atoms with Gasteiger partial charge in [-0.25, -0.2) is 0 Å². The first-order valence-corrected chi connectivity index (χ1v) is 24.3. The average molecular weight is 1070 g/mol. The second-order valence-corrected chi connectivity index (χ2v) is 17.6. The number of carbonyl (C=O) groups excluding carboxylic acids is 6. The second kappa shape index (κ2) is 26.7. The van der Waals surface area contributed by atoms with E-state index in [1.165, 1.54) is 54.6 Å². The van der Waals surface area contributed by atoms with Gasteiger partial charge in [-0.2, -0.15) is 20.5 Å². The van der Waals surface area contributed by atoms with Gasteiger partial charge in [-0.05, 0) is 132 Å². The van der Waals surface area contributed by atoms with Crippen LogP contribution in [0.15, 0.2) is 111 Å². The maximum atomic E-state index is 13.6. The van der Waals surface area contributed by atoms with Crippen LogP contribution in [0.3, 0.4) is 0 Å². The molecular formula is C50H49Cl5N8O8. The largest absolute Gasteiger partial charge is 0.494 e. The van der Waals surface area contributed by atoms with Gasteiger partial charge in [0.25, 0.3) is 23.6 Å². The number of halogens is 5. The van der Waals surface area contributed by atoms with E-state index >= 15 is 0 Å². The number of carbonyl (C=O) groups is 6. The number of azo groups is 2. The maximum Gasteiger partial charge on any atom is 0.258 e. The van der Waals surface area contributed by atoms with Crippen molar-refractivity contribution in [2.24, 2.45) is 20.5 Å². The Labute approximate surface area is 435 Å². The van der Waals surface area contributed by atoms with Crippen LogP contribution in [0, 0.1) is 0 Å². The minimum Gasteiger partial charge on any atom is -0.494 e. The third kappa shape index (κ3) is 15.0. The molecule has 0 bridgehead atoms. The zero-order valence-corrected chi connectivity index (χ0v) is 42.9. The van der Waals surface area contributed by atoms with Gasteiger partial charge in [-0.1, -0.05) is 35.3 Å². The van der Waals surface area contributed by atoms with Crippen molar-refractivity contribution < 1.29 is 38.2 Å². The third-order valence-electron chi connectivity index (χ3n) is 10.3. The molecule has 0 spiro atoms. The van der Waals surface area contributed by atoms with Gasteiger partial charge in [0.15, 0.2) is 11.6 Å². The standard InChI is InChI=1S/C50H49Cl5N8O8/c1-6-70-43-12-8-10-38(33(43)20-22-51)57-47(66)30-14-17-36(54)41(24-30)60-62-45(28(4)64)49(68)56-32-16-19-40(35(26-32)27(3)53)59-50(69)46(29(5)65)63-61-42-25-31(15-18-37(42)55)48(67)58-39-11-9-13-44(71-7-2)34(39)21-23-52/h8-19,24-27,45-46H,6-7,20-23H2,1-5H3,(H,56,68)(H,57,66)(H,58,67)(H,59,69). The van der Waals surface area contributed by atoms with Crippen LogP contribution in [-0.2, 0) is 32.0 Å². The fourth-order valence-electron chi connectivity index (χ4n) is 6.87. The molecule has 16 nitrogen and oxygen atoms in total. The number of hydrogen-bond acceptors (Lipinski definition) is 12. The molecule has 3 atom stereocenters. The van der Waals surface area contributed by atoms with Crippen LogP contribution in [0.25, 0.3) is 0 Å². The number of benzene rings is 5. The summed E-state index contributed by atoms with van der Waals surface area (Å²) in [6, 6.07) is 20.1. The van der Waals surface area contributed by atoms with Crippen molar-refractivity contribution in [1.29, 1.82) is 0 Å². The van der Waals surface area contributed by atoms with E-state index in [-0.39, 0.29) is 43.9 Å². The average Bonchev–Trinajstić information content (AvgIpc) is 3.32. The van der Waals surface area contributed by atoms with Gasteiger partial charge in [0.1, 0.15) is 22.9 Å². The smallest absolute Gasteiger partial charge is 0.258 e. The lowest BCUT2D eigenvalue weighted by Gasteiger charge is -2.17. The van der Waals surface area contributed by atoms with Crippen molar-refractivity contribution in [3.63, 3.8) is 0 Å². The number of ketones is 2. The highest BCUT2D eigenvalue weighted by Crippen LogP contribution is 2.34. The predicted molar refractivity (Wildman–Crippen MR) is 279 cm³/mol. The van der Waals surface area contributed by atoms with Gasteiger partial charge in [-0.3, -0.25) is 28.8 Å². The van der Waals surface area contributed by atoms with E-state index in [0.717, 1.165) is 25.0 Å². The number of anilines is 4. The Bertz CT molecular complexity index is 2860. The first kappa shape index (κ1) is 55.5. The van der Waals surface area contributed by atoms with E-state index in [2.05, 4.69) is 41.7 Å². The summed E-state index contributed by atoms with van der Waals surface area (Å²) in [5.74, 6) is -2.28. The van der Waals surface area contributed by atoms with Crippen molar-refractivity contribution in [2.45, 2.75) is 64.9 Å². The number of alkyl halides is 3. The summed E-state index contributed by atoms with van der Waals surface area (Å²) in [5, 5.41) is 26.6. The molecular weight excluding hydrogens is 1020 g/mol. The molecule has 4 N–H and O–H groups in total. The summed E-state index contributed by atoms with van der Waals surface area (Å²) in [4.78, 5) is 79.5. The summed E-state index contributed by atoms with van der Waals surface area (Å²) >= 11 is 31.4. The van der Waals surface area contributed by atoms with Gasteiger partial charge in [0, 0.05) is 56.8 Å². The lowest BCUT2D eigenvalue weighted by Crippen LogP contribution is -2.32. The van der Waals surface area contributed by atoms with Gasteiger partial charge in [0.05, 0.1) is 28.6 Å². The van der Waals surface area contributed by atoms with Crippen LogP contribution in [0.2, 0.25) is 10.0 Å². The molecule has 0 heterocycles. The Morgan fingerprint density at radius 3 is 1.44 bits per heavy atom. The van der Waals surface area contributed by atoms with E-state index in [4.69, 9.17) is 67.5 Å². The Morgan fingerprint density at radius 1 is 0.577 bits per heavy atom. The monoisotopic (exact) mass is 1060 g/mol. The van der Waals surface area contributed by atoms with E-state index in [1.807, 2.05) is 13.8 Å². The Morgan fingerprint density at radius 2 is 1.03 bits per heavy atom. The van der Waals surface area contributed by atoms with Crippen molar-refractivity contribution >= 4 is 127 Å². The number of nitrogens with one attached hydrogen (secondary N) is 4. The van der Waals surface area contributed by atoms with Crippen LogP contribution in [0.4, 0.5) is 34.1 Å². The molecule has 0 fully saturated rings. The highest BCUT2D eigenvalue weighted by atomic mass is 35.5. The lowest BCUT2D eigenvalue weighted by atomic mass is 10.1. The molecule has 0 aliphatic heterocycles. The molecule has 0 radical (unpaired) electrons. The molecule has 5 aromatic carbocycles. The topological polar surface area (TPSA) is 218 Å². The molecule has 372 valence electrons. The van der Waals surface area contributed by atoms with Crippen LogP contribution < -0.4 is 30.7 Å². The SMILES string of the molecule is CCOc1cccc(NC(=O)c2ccc(Cl)c(N=NC(C(C)=O)C(=O)Nc3ccc(NC(=O)C(N=Nc4cc(C(=O)Nc5cccc(OCC)c5CCCl)ccc4Cl)C(C)=O)c(C(C)Cl)c3)c2)c1CCCl. The maximum absolute atomic E-state index is 13.6. The van der Waals surface area contributed by atoms with E-state index < -0.39 is 52.7 Å². The molecule has 5 rings (SSSR count). The number of rotatable bonds is 23. The number of Topliss-reactive ketones (excluding diaryl/α,β-unsaturated/α-hetero) is 2. The second-order valence-electron chi connectivity index (χ2n) is 15.4. The number of amides is 4. The number of nitrogens with zero attached hydrogens (tertiary/aromatic N) is 4. The summed E-state index contributed by atoms with van der Waals surface area (Å²) in [7, 11) is 0. The van der Waals surface area contributed by atoms with Gasteiger partial charge < -0.3 is 30.7 Å². The molecule has 3 unspecified atom stereocenters. The minimum absolute atomic E-state index is 0.0120. The summed E-state index contributed by atoms with van der Waals surface area (Å²) in [6.07, 6.45) is 0.875. The Balaban J connectivity index is 1.29. The van der Waals surface area contributed by atoms with E-state index in [9.17, 15) is 28.8 Å². The van der Waals surface area contributed by atoms with Crippen molar-refractivity contribution in [1.82, 2.24) is 0 Å². The van der Waals surface area contributed by atoms with Gasteiger partial charge in [-0.15, -0.1) is 34.8 Å². The molecule has 0 aliphatic carbocycles. The van der Waals surface area contributed by atoms with E-state index in [0.29, 0.717) is 66.3 Å². The van der Waals surface area contributed by atoms with Crippen molar-refractivity contribution in [2.75, 3.05) is 46.2 Å². The molecule has 0 saturated heterocycles. The fourth-order valence-corrected chi connectivity index (χ4v) is 7.74. The molecule has 0 aliphatic rings. The highest BCUT2D eigenvalue weighted by molar-refractivity contribution is 6.33. The van der Waals surface area contributed by atoms with Crippen LogP contribution in [0.5, 0.6) is 11.5 Å². The molecule has 0 aromatic heterocycles.